The minimum Gasteiger partial charge on any atom is -0.386 e. The molecule has 2 aromatic heterocycles. The fourth-order valence-corrected chi connectivity index (χ4v) is 4.07. The van der Waals surface area contributed by atoms with Crippen LogP contribution >= 0.6 is 0 Å². The molecule has 0 radical (unpaired) electrons. The predicted octanol–water partition coefficient (Wildman–Crippen LogP) is 2.40. The first-order chi connectivity index (χ1) is 10.8. The molecule has 1 N–H and O–H groups in total. The molecule has 2 aliphatic rings. The van der Waals surface area contributed by atoms with E-state index in [2.05, 4.69) is 43.4 Å². The Morgan fingerprint density at radius 1 is 1.09 bits per heavy atom. The van der Waals surface area contributed by atoms with E-state index in [9.17, 15) is 5.11 Å². The Balaban J connectivity index is 1.65. The molecule has 5 nitrogen and oxygen atoms in total. The highest BCUT2D eigenvalue weighted by Crippen LogP contribution is 2.48. The molecule has 0 saturated carbocycles. The predicted molar refractivity (Wildman–Crippen MR) is 81.1 cm³/mol. The summed E-state index contributed by atoms with van der Waals surface area (Å²) in [7, 11) is 0. The number of aryl methyl sites for hydroxylation is 1. The van der Waals surface area contributed by atoms with Gasteiger partial charge in [-0.25, -0.2) is 9.97 Å². The van der Waals surface area contributed by atoms with Gasteiger partial charge in [0, 0.05) is 18.0 Å². The van der Waals surface area contributed by atoms with E-state index < -0.39 is 6.10 Å². The van der Waals surface area contributed by atoms with E-state index >= 15 is 0 Å². The molecule has 0 spiro atoms. The highest BCUT2D eigenvalue weighted by molar-refractivity contribution is 5.69. The maximum absolute atomic E-state index is 10.9. The fraction of sp³-hybridized carbons (Fsp3) is 0.294. The van der Waals surface area contributed by atoms with E-state index in [0.29, 0.717) is 0 Å². The number of rotatable bonds is 1. The average Bonchev–Trinajstić information content (AvgIpc) is 3.23. The number of benzene rings is 1. The van der Waals surface area contributed by atoms with Crippen molar-refractivity contribution in [1.29, 1.82) is 0 Å². The third-order valence-corrected chi connectivity index (χ3v) is 5.08. The standard InChI is InChI=1S/C17H16N4O/c22-17-13(5-6-20-9-18-8-15(17)20)16-12-4-2-1-3-11(12)14-7-19-10-21(14)16/h1-4,7-10,13,16-17,22H,5-6H2/t13-,16-,17+/m0/s1. The third-order valence-electron chi connectivity index (χ3n) is 5.08. The normalized spacial score (nSPS) is 25.6. The van der Waals surface area contributed by atoms with Crippen molar-refractivity contribution >= 4 is 0 Å². The van der Waals surface area contributed by atoms with Crippen LogP contribution in [0.2, 0.25) is 0 Å². The molecule has 4 heterocycles. The Labute approximate surface area is 127 Å². The quantitative estimate of drug-likeness (QED) is 0.749. The van der Waals surface area contributed by atoms with Crippen molar-refractivity contribution in [1.82, 2.24) is 19.1 Å². The van der Waals surface area contributed by atoms with Gasteiger partial charge >= 0.3 is 0 Å². The molecule has 3 atom stereocenters. The Morgan fingerprint density at radius 3 is 2.91 bits per heavy atom. The maximum Gasteiger partial charge on any atom is 0.101 e. The lowest BCUT2D eigenvalue weighted by Crippen LogP contribution is -2.30. The summed E-state index contributed by atoms with van der Waals surface area (Å²) >= 11 is 0. The Bertz CT molecular complexity index is 850. The summed E-state index contributed by atoms with van der Waals surface area (Å²) in [4.78, 5) is 8.49. The van der Waals surface area contributed by atoms with Gasteiger partial charge in [0.15, 0.2) is 0 Å². The van der Waals surface area contributed by atoms with Gasteiger partial charge in [0.25, 0.3) is 0 Å². The van der Waals surface area contributed by atoms with Crippen LogP contribution in [0, 0.1) is 5.92 Å². The fourth-order valence-electron chi connectivity index (χ4n) is 4.07. The first-order valence-corrected chi connectivity index (χ1v) is 7.64. The van der Waals surface area contributed by atoms with Gasteiger partial charge in [-0.2, -0.15) is 0 Å². The molecule has 110 valence electrons. The minimum atomic E-state index is -0.498. The van der Waals surface area contributed by atoms with E-state index in [1.165, 1.54) is 11.1 Å². The van der Waals surface area contributed by atoms with Gasteiger partial charge in [0.1, 0.15) is 6.10 Å². The SMILES string of the molecule is O[C@H]1c2cncn2CC[C@H]1[C@@H]1c2ccccc2-c2cncn21. The molecular formula is C17H16N4O. The molecular weight excluding hydrogens is 276 g/mol. The van der Waals surface area contributed by atoms with Crippen LogP contribution in [0.1, 0.15) is 29.8 Å². The second-order valence-corrected chi connectivity index (χ2v) is 6.13. The van der Waals surface area contributed by atoms with Crippen LogP contribution in [0.3, 0.4) is 0 Å². The summed E-state index contributed by atoms with van der Waals surface area (Å²) in [5.41, 5.74) is 4.59. The molecule has 0 amide bonds. The van der Waals surface area contributed by atoms with Crippen LogP contribution in [0.4, 0.5) is 0 Å². The molecule has 0 fully saturated rings. The number of nitrogens with zero attached hydrogens (tertiary/aromatic N) is 4. The number of imidazole rings is 2. The van der Waals surface area contributed by atoms with E-state index in [1.807, 2.05) is 12.5 Å². The van der Waals surface area contributed by atoms with Crippen LogP contribution < -0.4 is 0 Å². The van der Waals surface area contributed by atoms with Crippen LogP contribution in [0.5, 0.6) is 0 Å². The van der Waals surface area contributed by atoms with Crippen molar-refractivity contribution in [2.75, 3.05) is 0 Å². The Kier molecular flexibility index (Phi) is 2.38. The number of aromatic nitrogens is 4. The number of aliphatic hydroxyl groups excluding tert-OH is 1. The van der Waals surface area contributed by atoms with Crippen molar-refractivity contribution in [2.24, 2.45) is 5.92 Å². The van der Waals surface area contributed by atoms with E-state index in [4.69, 9.17) is 0 Å². The van der Waals surface area contributed by atoms with Crippen molar-refractivity contribution < 1.29 is 5.11 Å². The second-order valence-electron chi connectivity index (χ2n) is 6.13. The molecule has 3 aromatic rings. The number of hydrogen-bond donors (Lipinski definition) is 1. The van der Waals surface area contributed by atoms with Gasteiger partial charge in [-0.05, 0) is 12.0 Å². The van der Waals surface area contributed by atoms with Crippen LogP contribution in [0.25, 0.3) is 11.3 Å². The first-order valence-electron chi connectivity index (χ1n) is 7.64. The first kappa shape index (κ1) is 12.2. The molecule has 5 heteroatoms. The molecule has 2 aliphatic heterocycles. The Morgan fingerprint density at radius 2 is 1.95 bits per heavy atom. The van der Waals surface area contributed by atoms with Gasteiger partial charge in [-0.1, -0.05) is 24.3 Å². The Hall–Kier alpha value is -2.40. The second kappa shape index (κ2) is 4.30. The highest BCUT2D eigenvalue weighted by atomic mass is 16.3. The molecule has 0 saturated heterocycles. The molecule has 22 heavy (non-hydrogen) atoms. The van der Waals surface area contributed by atoms with Crippen molar-refractivity contribution in [3.05, 3.63) is 60.6 Å². The van der Waals surface area contributed by atoms with Crippen molar-refractivity contribution in [3.8, 4) is 11.3 Å². The zero-order chi connectivity index (χ0) is 14.7. The molecule has 5 rings (SSSR count). The lowest BCUT2D eigenvalue weighted by Gasteiger charge is -2.34. The molecule has 0 bridgehead atoms. The van der Waals surface area contributed by atoms with Crippen LogP contribution in [-0.4, -0.2) is 24.2 Å². The van der Waals surface area contributed by atoms with E-state index in [1.54, 1.807) is 12.5 Å². The largest absolute Gasteiger partial charge is 0.386 e. The third kappa shape index (κ3) is 1.46. The maximum atomic E-state index is 10.9. The van der Waals surface area contributed by atoms with Gasteiger partial charge in [-0.3, -0.25) is 0 Å². The summed E-state index contributed by atoms with van der Waals surface area (Å²) in [6, 6.07) is 8.59. The molecule has 1 aromatic carbocycles. The molecule has 0 aliphatic carbocycles. The topological polar surface area (TPSA) is 55.9 Å². The smallest absolute Gasteiger partial charge is 0.101 e. The van der Waals surface area contributed by atoms with Crippen LogP contribution in [-0.2, 0) is 6.54 Å². The minimum absolute atomic E-state index is 0.140. The zero-order valence-corrected chi connectivity index (χ0v) is 12.0. The summed E-state index contributed by atoms with van der Waals surface area (Å²) in [5, 5.41) is 10.9. The van der Waals surface area contributed by atoms with Crippen molar-refractivity contribution in [2.45, 2.75) is 25.1 Å². The molecule has 0 unspecified atom stereocenters. The van der Waals surface area contributed by atoms with Gasteiger partial charge < -0.3 is 14.2 Å². The average molecular weight is 292 g/mol. The van der Waals surface area contributed by atoms with Gasteiger partial charge in [0.05, 0.1) is 42.5 Å². The highest BCUT2D eigenvalue weighted by Gasteiger charge is 2.40. The summed E-state index contributed by atoms with van der Waals surface area (Å²) in [6.45, 7) is 0.903. The number of aliphatic hydroxyl groups is 1. The monoisotopic (exact) mass is 292 g/mol. The van der Waals surface area contributed by atoms with Crippen molar-refractivity contribution in [3.63, 3.8) is 0 Å². The summed E-state index contributed by atoms with van der Waals surface area (Å²) < 4.78 is 4.27. The summed E-state index contributed by atoms with van der Waals surface area (Å²) in [6.07, 6.45) is 7.83. The lowest BCUT2D eigenvalue weighted by molar-refractivity contribution is 0.0556. The lowest BCUT2D eigenvalue weighted by atomic mass is 9.83. The number of hydrogen-bond acceptors (Lipinski definition) is 3. The van der Waals surface area contributed by atoms with E-state index in [0.717, 1.165) is 24.4 Å². The van der Waals surface area contributed by atoms with Crippen LogP contribution in [0.15, 0.2) is 49.3 Å². The van der Waals surface area contributed by atoms with E-state index in [-0.39, 0.29) is 12.0 Å². The summed E-state index contributed by atoms with van der Waals surface area (Å²) in [5.74, 6) is 0.140. The van der Waals surface area contributed by atoms with Gasteiger partial charge in [0.2, 0.25) is 0 Å². The van der Waals surface area contributed by atoms with Gasteiger partial charge in [-0.15, -0.1) is 0 Å². The zero-order valence-electron chi connectivity index (χ0n) is 12.0. The number of fused-ring (bicyclic) bond motifs is 4.